The predicted octanol–water partition coefficient (Wildman–Crippen LogP) is 3.24. The van der Waals surface area contributed by atoms with Crippen molar-refractivity contribution in [2.24, 2.45) is 0 Å². The van der Waals surface area contributed by atoms with Gasteiger partial charge in [0, 0.05) is 6.54 Å². The molecule has 0 spiro atoms. The zero-order valence-corrected chi connectivity index (χ0v) is 19.0. The van der Waals surface area contributed by atoms with Crippen LogP contribution in [0.1, 0.15) is 20.9 Å². The molecule has 2 N–H and O–H groups in total. The molecule has 0 aliphatic heterocycles. The maximum Gasteiger partial charge on any atom is 0.263 e. The molecule has 0 saturated carbocycles. The maximum absolute atomic E-state index is 12.6. The van der Waals surface area contributed by atoms with E-state index in [2.05, 4.69) is 15.0 Å². The Morgan fingerprint density at radius 1 is 1.06 bits per heavy atom. The number of carbonyl (C=O) groups excluding carboxylic acids is 1. The fourth-order valence-electron chi connectivity index (χ4n) is 2.86. The molecule has 1 heterocycles. The summed E-state index contributed by atoms with van der Waals surface area (Å²) in [5, 5.41) is 2.99. The number of benzene rings is 2. The van der Waals surface area contributed by atoms with Crippen molar-refractivity contribution in [3.05, 3.63) is 64.7 Å². The van der Waals surface area contributed by atoms with Crippen LogP contribution in [0.15, 0.2) is 53.4 Å². The first-order valence-corrected chi connectivity index (χ1v) is 11.7. The van der Waals surface area contributed by atoms with E-state index < -0.39 is 10.0 Å². The number of thiazole rings is 1. The van der Waals surface area contributed by atoms with E-state index in [1.165, 1.54) is 12.1 Å². The van der Waals surface area contributed by atoms with E-state index >= 15 is 0 Å². The molecular weight excluding hydrogens is 438 g/mol. The molecule has 10 heteroatoms. The van der Waals surface area contributed by atoms with E-state index in [1.807, 2.05) is 18.2 Å². The van der Waals surface area contributed by atoms with Crippen LogP contribution in [0.2, 0.25) is 0 Å². The van der Waals surface area contributed by atoms with E-state index in [1.54, 1.807) is 39.3 Å². The van der Waals surface area contributed by atoms with Gasteiger partial charge in [-0.2, -0.15) is 0 Å². The maximum atomic E-state index is 12.6. The Labute approximate surface area is 185 Å². The zero-order chi connectivity index (χ0) is 22.4. The molecule has 164 valence electrons. The standard InChI is InChI=1S/C21H23N3O5S2/c1-14-19(30-21(23-14)24-31(26,27)16-7-5-4-6-8-16)20(25)22-12-11-15-9-10-17(28-2)18(13-15)29-3/h4-10,13H,11-12H2,1-3H3,(H,22,25)(H,23,24). The first kappa shape index (κ1) is 22.6. The van der Waals surface area contributed by atoms with Gasteiger partial charge >= 0.3 is 0 Å². The van der Waals surface area contributed by atoms with Crippen LogP contribution < -0.4 is 19.5 Å². The Morgan fingerprint density at radius 3 is 2.45 bits per heavy atom. The van der Waals surface area contributed by atoms with Crippen LogP contribution in [0.5, 0.6) is 11.5 Å². The van der Waals surface area contributed by atoms with Gasteiger partial charge in [0.15, 0.2) is 16.6 Å². The number of sulfonamides is 1. The van der Waals surface area contributed by atoms with Gasteiger partial charge in [0.05, 0.1) is 24.8 Å². The molecule has 0 aliphatic rings. The number of carbonyl (C=O) groups is 1. The third kappa shape index (κ3) is 5.53. The number of hydrogen-bond donors (Lipinski definition) is 2. The number of hydrogen-bond acceptors (Lipinski definition) is 7. The minimum absolute atomic E-state index is 0.128. The van der Waals surface area contributed by atoms with Crippen molar-refractivity contribution in [3.8, 4) is 11.5 Å². The smallest absolute Gasteiger partial charge is 0.263 e. The zero-order valence-electron chi connectivity index (χ0n) is 17.3. The number of aromatic nitrogens is 1. The molecule has 0 atom stereocenters. The summed E-state index contributed by atoms with van der Waals surface area (Å²) >= 11 is 0.996. The molecule has 0 unspecified atom stereocenters. The Kier molecular flexibility index (Phi) is 7.13. The van der Waals surface area contributed by atoms with Crippen molar-refractivity contribution in [1.29, 1.82) is 0 Å². The third-order valence-corrected chi connectivity index (χ3v) is 6.98. The minimum Gasteiger partial charge on any atom is -0.493 e. The second kappa shape index (κ2) is 9.80. The summed E-state index contributed by atoms with van der Waals surface area (Å²) in [6.07, 6.45) is 0.595. The summed E-state index contributed by atoms with van der Waals surface area (Å²) in [5.41, 5.74) is 1.44. The third-order valence-electron chi connectivity index (χ3n) is 4.43. The summed E-state index contributed by atoms with van der Waals surface area (Å²) in [4.78, 5) is 17.2. The van der Waals surface area contributed by atoms with Crippen molar-refractivity contribution < 1.29 is 22.7 Å². The van der Waals surface area contributed by atoms with Gasteiger partial charge in [0.1, 0.15) is 4.88 Å². The SMILES string of the molecule is COc1ccc(CCNC(=O)c2sc(NS(=O)(=O)c3ccccc3)nc2C)cc1OC. The molecule has 0 radical (unpaired) electrons. The Balaban J connectivity index is 1.62. The number of nitrogens with zero attached hydrogens (tertiary/aromatic N) is 1. The lowest BCUT2D eigenvalue weighted by molar-refractivity contribution is 0.0957. The summed E-state index contributed by atoms with van der Waals surface area (Å²) < 4.78 is 37.8. The highest BCUT2D eigenvalue weighted by molar-refractivity contribution is 7.93. The van der Waals surface area contributed by atoms with E-state index in [0.29, 0.717) is 35.0 Å². The number of rotatable bonds is 9. The lowest BCUT2D eigenvalue weighted by Gasteiger charge is -2.10. The Hall–Kier alpha value is -3.11. The van der Waals surface area contributed by atoms with Gasteiger partial charge in [-0.3, -0.25) is 9.52 Å². The average molecular weight is 462 g/mol. The first-order chi connectivity index (χ1) is 14.8. The number of anilines is 1. The molecular formula is C21H23N3O5S2. The van der Waals surface area contributed by atoms with Crippen molar-refractivity contribution >= 4 is 32.4 Å². The molecule has 31 heavy (non-hydrogen) atoms. The second-order valence-electron chi connectivity index (χ2n) is 6.55. The molecule has 0 aliphatic carbocycles. The molecule has 2 aromatic carbocycles. The molecule has 8 nitrogen and oxygen atoms in total. The first-order valence-electron chi connectivity index (χ1n) is 9.38. The highest BCUT2D eigenvalue weighted by atomic mass is 32.2. The number of ether oxygens (including phenoxy) is 2. The fraction of sp³-hybridized carbons (Fsp3) is 0.238. The highest BCUT2D eigenvalue weighted by Gasteiger charge is 2.20. The van der Waals surface area contributed by atoms with E-state index in [4.69, 9.17) is 9.47 Å². The minimum atomic E-state index is -3.76. The topological polar surface area (TPSA) is 107 Å². The van der Waals surface area contributed by atoms with E-state index in [-0.39, 0.29) is 15.9 Å². The fourth-order valence-corrected chi connectivity index (χ4v) is 5.00. The van der Waals surface area contributed by atoms with Crippen molar-refractivity contribution in [3.63, 3.8) is 0 Å². The van der Waals surface area contributed by atoms with Crippen LogP contribution in [0.3, 0.4) is 0 Å². The molecule has 3 aromatic rings. The van der Waals surface area contributed by atoms with Gasteiger partial charge in [-0.15, -0.1) is 0 Å². The lowest BCUT2D eigenvalue weighted by atomic mass is 10.1. The number of nitrogens with one attached hydrogen (secondary N) is 2. The van der Waals surface area contributed by atoms with Crippen LogP contribution in [0, 0.1) is 6.92 Å². The monoisotopic (exact) mass is 461 g/mol. The Bertz CT molecular complexity index is 1160. The van der Waals surface area contributed by atoms with E-state index in [0.717, 1.165) is 16.9 Å². The van der Waals surface area contributed by atoms with Crippen LogP contribution in [0.4, 0.5) is 5.13 Å². The van der Waals surface area contributed by atoms with Crippen LogP contribution in [-0.2, 0) is 16.4 Å². The van der Waals surface area contributed by atoms with Crippen LogP contribution in [0.25, 0.3) is 0 Å². The van der Waals surface area contributed by atoms with Gasteiger partial charge in [-0.25, -0.2) is 13.4 Å². The molecule has 1 aromatic heterocycles. The molecule has 1 amide bonds. The summed E-state index contributed by atoms with van der Waals surface area (Å²) in [6.45, 7) is 2.07. The summed E-state index contributed by atoms with van der Waals surface area (Å²) in [6, 6.07) is 13.6. The van der Waals surface area contributed by atoms with Crippen molar-refractivity contribution in [2.75, 3.05) is 25.5 Å². The van der Waals surface area contributed by atoms with Crippen LogP contribution in [-0.4, -0.2) is 40.1 Å². The lowest BCUT2D eigenvalue weighted by Crippen LogP contribution is -2.25. The molecule has 3 rings (SSSR count). The number of amides is 1. The summed E-state index contributed by atoms with van der Waals surface area (Å²) in [7, 11) is -0.622. The number of methoxy groups -OCH3 is 2. The largest absolute Gasteiger partial charge is 0.493 e. The predicted molar refractivity (Wildman–Crippen MR) is 120 cm³/mol. The van der Waals surface area contributed by atoms with Gasteiger partial charge in [0.2, 0.25) is 0 Å². The van der Waals surface area contributed by atoms with Gasteiger partial charge in [-0.1, -0.05) is 35.6 Å². The molecule has 0 saturated heterocycles. The normalized spacial score (nSPS) is 11.1. The second-order valence-corrected chi connectivity index (χ2v) is 9.23. The van der Waals surface area contributed by atoms with Gasteiger partial charge in [-0.05, 0) is 43.2 Å². The molecule has 0 bridgehead atoms. The molecule has 0 fully saturated rings. The number of aryl methyl sites for hydroxylation is 1. The van der Waals surface area contributed by atoms with Crippen molar-refractivity contribution in [1.82, 2.24) is 10.3 Å². The van der Waals surface area contributed by atoms with Crippen LogP contribution >= 0.6 is 11.3 Å². The summed E-state index contributed by atoms with van der Waals surface area (Å²) in [5.74, 6) is 0.960. The van der Waals surface area contributed by atoms with Gasteiger partial charge < -0.3 is 14.8 Å². The van der Waals surface area contributed by atoms with Gasteiger partial charge in [0.25, 0.3) is 15.9 Å². The van der Waals surface area contributed by atoms with E-state index in [9.17, 15) is 13.2 Å². The average Bonchev–Trinajstić information content (AvgIpc) is 3.13. The highest BCUT2D eigenvalue weighted by Crippen LogP contribution is 2.28. The van der Waals surface area contributed by atoms with Crippen molar-refractivity contribution in [2.45, 2.75) is 18.2 Å². The Morgan fingerprint density at radius 2 is 1.77 bits per heavy atom. The quantitative estimate of drug-likeness (QED) is 0.507.